The molecule has 1 saturated heterocycles. The summed E-state index contributed by atoms with van der Waals surface area (Å²) < 4.78 is 55.8. The van der Waals surface area contributed by atoms with E-state index in [0.717, 1.165) is 35.9 Å². The number of pyridine rings is 1. The van der Waals surface area contributed by atoms with Crippen molar-refractivity contribution in [1.29, 1.82) is 0 Å². The molecule has 2 aliphatic heterocycles. The van der Waals surface area contributed by atoms with Crippen LogP contribution in [0.2, 0.25) is 10.0 Å². The Morgan fingerprint density at radius 1 is 1.08 bits per heavy atom. The number of halogens is 3. The van der Waals surface area contributed by atoms with E-state index in [-0.39, 0.29) is 59.4 Å². The largest absolute Gasteiger partial charge is 0.496 e. The second-order valence-electron chi connectivity index (χ2n) is 17.6. The quantitative estimate of drug-likeness (QED) is 0.121. The van der Waals surface area contributed by atoms with Crippen molar-refractivity contribution in [1.82, 2.24) is 19.6 Å². The topological polar surface area (TPSA) is 145 Å². The maximum atomic E-state index is 15.0. The second-order valence-corrected chi connectivity index (χ2v) is 21.2. The van der Waals surface area contributed by atoms with E-state index in [1.807, 2.05) is 42.7 Å². The number of nitrogens with zero attached hydrogens (tertiary/aromatic N) is 3. The number of benzene rings is 2. The summed E-state index contributed by atoms with van der Waals surface area (Å²) in [4.78, 5) is 55.3. The van der Waals surface area contributed by atoms with E-state index in [9.17, 15) is 22.4 Å². The monoisotopic (exact) mass is 924 g/mol. The number of ketones is 1. The first kappa shape index (κ1) is 44.5. The molecule has 11 nitrogen and oxygen atoms in total. The van der Waals surface area contributed by atoms with Crippen LogP contribution in [0.5, 0.6) is 11.5 Å². The predicted molar refractivity (Wildman–Crippen MR) is 239 cm³/mol. The fourth-order valence-corrected chi connectivity index (χ4v) is 11.7. The Morgan fingerprint density at radius 2 is 1.87 bits per heavy atom. The Balaban J connectivity index is 1.16. The molecule has 1 N–H and O–H groups in total. The molecule has 8 rings (SSSR count). The van der Waals surface area contributed by atoms with Crippen LogP contribution in [-0.4, -0.2) is 71.9 Å². The third-order valence-electron chi connectivity index (χ3n) is 12.9. The summed E-state index contributed by atoms with van der Waals surface area (Å²) in [5.74, 6) is -1.60. The molecule has 4 heterocycles. The molecule has 330 valence electrons. The van der Waals surface area contributed by atoms with Crippen LogP contribution < -0.4 is 14.2 Å². The Morgan fingerprint density at radius 3 is 2.58 bits per heavy atom. The average Bonchev–Trinajstić information content (AvgIpc) is 4.11. The minimum absolute atomic E-state index is 0.0435. The SMILES string of the molecule is COc1ccc2c(O[C@@H]3C[C@H]4C(=O)C[C@]5(C(=O)NS(=O)(=O)C6CC6)C[C@@H]5/C=C\CCCCC[C@H](Cc5cc(F)c(Cl)c(Cl)c5)C(=O)N4C3)cc(-c3nc(C(C)C)cs3)nc2c1C. The van der Waals surface area contributed by atoms with Crippen molar-refractivity contribution in [2.75, 3.05) is 13.7 Å². The highest BCUT2D eigenvalue weighted by atomic mass is 35.5. The van der Waals surface area contributed by atoms with Gasteiger partial charge in [0.2, 0.25) is 21.8 Å². The number of methoxy groups -OCH3 is 1. The highest BCUT2D eigenvalue weighted by Gasteiger charge is 2.61. The summed E-state index contributed by atoms with van der Waals surface area (Å²) in [6.45, 7) is 6.14. The second kappa shape index (κ2) is 17.8. The number of ether oxygens (including phenoxy) is 2. The fraction of sp³-hybridized carbons (Fsp3) is 0.500. The van der Waals surface area contributed by atoms with Gasteiger partial charge < -0.3 is 14.4 Å². The Kier molecular flexibility index (Phi) is 12.8. The van der Waals surface area contributed by atoms with Crippen molar-refractivity contribution in [3.8, 4) is 22.2 Å². The van der Waals surface area contributed by atoms with E-state index in [2.05, 4.69) is 18.6 Å². The van der Waals surface area contributed by atoms with Gasteiger partial charge in [0, 0.05) is 41.2 Å². The van der Waals surface area contributed by atoms with Crippen molar-refractivity contribution in [2.45, 2.75) is 115 Å². The van der Waals surface area contributed by atoms with Crippen molar-refractivity contribution < 1.29 is 36.7 Å². The summed E-state index contributed by atoms with van der Waals surface area (Å²) in [6.07, 6.45) is 8.17. The molecule has 0 radical (unpaired) electrons. The number of carbonyl (C=O) groups excluding carboxylic acids is 3. The first-order valence-corrected chi connectivity index (χ1v) is 24.6. The highest BCUT2D eigenvalue weighted by Crippen LogP contribution is 2.57. The molecule has 0 spiro atoms. The lowest BCUT2D eigenvalue weighted by Gasteiger charge is -2.29. The number of carbonyl (C=O) groups is 3. The molecule has 0 bridgehead atoms. The maximum Gasteiger partial charge on any atom is 0.240 e. The molecule has 2 amide bonds. The molecule has 3 fully saturated rings. The van der Waals surface area contributed by atoms with Gasteiger partial charge >= 0.3 is 0 Å². The van der Waals surface area contributed by atoms with Crippen molar-refractivity contribution in [2.24, 2.45) is 17.3 Å². The molecule has 2 aromatic carbocycles. The number of aromatic nitrogens is 2. The van der Waals surface area contributed by atoms with E-state index in [1.165, 1.54) is 17.4 Å². The van der Waals surface area contributed by atoms with Gasteiger partial charge in [-0.25, -0.2) is 22.8 Å². The van der Waals surface area contributed by atoms with E-state index in [4.69, 9.17) is 42.6 Å². The zero-order chi connectivity index (χ0) is 44.1. The molecule has 16 heteroatoms. The van der Waals surface area contributed by atoms with E-state index >= 15 is 4.79 Å². The first-order chi connectivity index (χ1) is 29.6. The third-order valence-corrected chi connectivity index (χ3v) is 16.3. The number of thiazole rings is 1. The Labute approximate surface area is 375 Å². The molecular formula is C46H51Cl2FN4O7S2. The number of nitrogens with one attached hydrogen (secondary N) is 1. The molecular weight excluding hydrogens is 875 g/mol. The molecule has 4 aliphatic rings. The number of allylic oxidation sites excluding steroid dienone is 2. The van der Waals surface area contributed by atoms with Crippen LogP contribution >= 0.6 is 34.5 Å². The predicted octanol–water partition coefficient (Wildman–Crippen LogP) is 9.55. The lowest BCUT2D eigenvalue weighted by atomic mass is 9.90. The average molecular weight is 926 g/mol. The number of sulfonamides is 1. The zero-order valence-electron chi connectivity index (χ0n) is 35.2. The molecule has 5 atom stereocenters. The highest BCUT2D eigenvalue weighted by molar-refractivity contribution is 7.90. The molecule has 2 aromatic heterocycles. The van der Waals surface area contributed by atoms with Crippen molar-refractivity contribution >= 4 is 73.1 Å². The fourth-order valence-electron chi connectivity index (χ4n) is 8.99. The van der Waals surface area contributed by atoms with Crippen LogP contribution in [0.25, 0.3) is 21.6 Å². The van der Waals surface area contributed by atoms with Crippen molar-refractivity contribution in [3.05, 3.63) is 80.5 Å². The molecule has 2 aliphatic carbocycles. The van der Waals surface area contributed by atoms with Gasteiger partial charge in [0.25, 0.3) is 0 Å². The molecule has 0 unspecified atom stereocenters. The van der Waals surface area contributed by atoms with Gasteiger partial charge in [0.05, 0.1) is 51.6 Å². The molecule has 2 saturated carbocycles. The number of rotatable bonds is 10. The standard InChI is InChI=1S/C46H51Cl2FN4O7S2/c1-25(2)36-24-61-43(51-36)35-20-40(32-14-15-39(59-4)26(3)42(32)50-35)60-30-19-37-38(54)22-46(45(56)52-62(57,58)31-12-13-31)21-29(46)11-9-7-5-6-8-10-28(44(55)53(37)23-30)16-27-17-33(47)41(48)34(49)18-27/h9,11,14-15,17-18,20,24-25,28-31,37H,5-8,10,12-13,16,19,21-23H2,1-4H3,(H,52,56)/b11-9-/t28-,29+,30-,37+,46-/m1/s1. The van der Waals surface area contributed by atoms with Crippen LogP contribution in [0.4, 0.5) is 4.39 Å². The summed E-state index contributed by atoms with van der Waals surface area (Å²) in [5, 5.41) is 2.68. The minimum Gasteiger partial charge on any atom is -0.496 e. The number of amides is 2. The van der Waals surface area contributed by atoms with Gasteiger partial charge in [0.15, 0.2) is 5.78 Å². The first-order valence-electron chi connectivity index (χ1n) is 21.4. The van der Waals surface area contributed by atoms with Crippen LogP contribution in [0.15, 0.2) is 47.9 Å². The minimum atomic E-state index is -3.88. The number of hydrogen-bond acceptors (Lipinski definition) is 10. The molecule has 62 heavy (non-hydrogen) atoms. The van der Waals surface area contributed by atoms with Crippen molar-refractivity contribution in [3.63, 3.8) is 0 Å². The van der Waals surface area contributed by atoms with Crippen LogP contribution in [0.3, 0.4) is 0 Å². The van der Waals surface area contributed by atoms with Gasteiger partial charge in [-0.15, -0.1) is 11.3 Å². The van der Waals surface area contributed by atoms with Crippen LogP contribution in [0, 0.1) is 30.0 Å². The lowest BCUT2D eigenvalue weighted by Crippen LogP contribution is -2.46. The van der Waals surface area contributed by atoms with Gasteiger partial charge in [-0.05, 0) is 93.5 Å². The summed E-state index contributed by atoms with van der Waals surface area (Å²) in [7, 11) is -2.28. The van der Waals surface area contributed by atoms with Gasteiger partial charge in [-0.1, -0.05) is 62.0 Å². The van der Waals surface area contributed by atoms with E-state index in [1.54, 1.807) is 18.1 Å². The van der Waals surface area contributed by atoms with Gasteiger partial charge in [0.1, 0.15) is 34.1 Å². The number of fused-ring (bicyclic) bond motifs is 3. The molecule has 4 aromatic rings. The van der Waals surface area contributed by atoms with Crippen LogP contribution in [-0.2, 0) is 30.8 Å². The van der Waals surface area contributed by atoms with Gasteiger partial charge in [-0.3, -0.25) is 19.1 Å². The number of aryl methyl sites for hydroxylation is 1. The zero-order valence-corrected chi connectivity index (χ0v) is 38.4. The normalized spacial score (nSPS) is 25.2. The van der Waals surface area contributed by atoms with E-state index in [0.29, 0.717) is 65.4 Å². The summed E-state index contributed by atoms with van der Waals surface area (Å²) >= 11 is 13.9. The summed E-state index contributed by atoms with van der Waals surface area (Å²) in [5.41, 5.74) is 2.26. The lowest BCUT2D eigenvalue weighted by molar-refractivity contribution is -0.142. The number of hydrogen-bond donors (Lipinski definition) is 1. The smallest absolute Gasteiger partial charge is 0.240 e. The third kappa shape index (κ3) is 9.12. The Hall–Kier alpha value is -4.11. The number of Topliss-reactive ketones (excluding diaryl/α,β-unsaturated/α-hetero) is 1. The van der Waals surface area contributed by atoms with Crippen LogP contribution in [0.1, 0.15) is 101 Å². The van der Waals surface area contributed by atoms with E-state index < -0.39 is 50.5 Å². The maximum absolute atomic E-state index is 15.0. The van der Waals surface area contributed by atoms with Gasteiger partial charge in [-0.2, -0.15) is 0 Å². The Bertz CT molecular complexity index is 2540. The summed E-state index contributed by atoms with van der Waals surface area (Å²) in [6, 6.07) is 7.45.